The third kappa shape index (κ3) is 4.28. The van der Waals surface area contributed by atoms with E-state index in [-0.39, 0.29) is 17.0 Å². The molecule has 1 unspecified atom stereocenters. The Morgan fingerprint density at radius 3 is 2.86 bits per heavy atom. The second-order valence-corrected chi connectivity index (χ2v) is 5.43. The van der Waals surface area contributed by atoms with Gasteiger partial charge in [-0.05, 0) is 17.7 Å². The number of ether oxygens (including phenoxy) is 2. The normalized spacial score (nSPS) is 19.1. The number of halogens is 3. The lowest BCUT2D eigenvalue weighted by atomic mass is 10.2. The Hall–Kier alpha value is -1.41. The van der Waals surface area contributed by atoms with Crippen LogP contribution >= 0.6 is 11.8 Å². The van der Waals surface area contributed by atoms with Crippen molar-refractivity contribution in [3.8, 4) is 5.75 Å². The van der Waals surface area contributed by atoms with Gasteiger partial charge < -0.3 is 14.4 Å². The molecule has 8 heteroatoms. The third-order valence-electron chi connectivity index (χ3n) is 2.88. The van der Waals surface area contributed by atoms with Crippen molar-refractivity contribution >= 4 is 17.7 Å². The Morgan fingerprint density at radius 1 is 1.43 bits per heavy atom. The average Bonchev–Trinajstić information content (AvgIpc) is 2.76. The first-order valence-corrected chi connectivity index (χ1v) is 7.21. The molecule has 0 bridgehead atoms. The van der Waals surface area contributed by atoms with Crippen LogP contribution in [0.3, 0.4) is 0 Å². The summed E-state index contributed by atoms with van der Waals surface area (Å²) in [5, 5.41) is -0.315. The van der Waals surface area contributed by atoms with Crippen molar-refractivity contribution in [2.45, 2.75) is 11.7 Å². The summed E-state index contributed by atoms with van der Waals surface area (Å²) in [6.07, 6.45) is -4.73. The monoisotopic (exact) mass is 321 g/mol. The molecule has 116 valence electrons. The number of rotatable bonds is 5. The number of nitrogens with zero attached hydrogens (tertiary/aromatic N) is 1. The number of carbonyl (C=O) groups excluding carboxylic acids is 1. The van der Waals surface area contributed by atoms with E-state index in [0.717, 1.165) is 0 Å². The Balaban J connectivity index is 2.16. The molecule has 0 aliphatic carbocycles. The number of alkyl halides is 3. The molecular weight excluding hydrogens is 307 g/mol. The van der Waals surface area contributed by atoms with Crippen LogP contribution in [-0.2, 0) is 9.53 Å². The van der Waals surface area contributed by atoms with Crippen molar-refractivity contribution in [3.63, 3.8) is 0 Å². The molecule has 0 saturated carbocycles. The van der Waals surface area contributed by atoms with Crippen LogP contribution in [0.4, 0.5) is 13.2 Å². The maximum Gasteiger partial charge on any atom is 0.573 e. The molecule has 1 fully saturated rings. The standard InChI is InChI=1S/C13H14F3NO3S/c1-19-6-5-17-11(18)8-21-12(17)9-3-2-4-10(7-9)20-13(14,15)16/h2-4,7,12H,5-6,8H2,1H3. The molecule has 1 saturated heterocycles. The number of hydrogen-bond donors (Lipinski definition) is 0. The van der Waals surface area contributed by atoms with Gasteiger partial charge in [0.05, 0.1) is 12.4 Å². The molecule has 1 aromatic carbocycles. The van der Waals surface area contributed by atoms with Gasteiger partial charge in [-0.1, -0.05) is 12.1 Å². The molecule has 2 rings (SSSR count). The summed E-state index contributed by atoms with van der Waals surface area (Å²) in [5.41, 5.74) is 0.601. The van der Waals surface area contributed by atoms with Crippen LogP contribution in [0.2, 0.25) is 0 Å². The predicted molar refractivity (Wildman–Crippen MR) is 71.9 cm³/mol. The van der Waals surface area contributed by atoms with Gasteiger partial charge in [0.1, 0.15) is 11.1 Å². The minimum Gasteiger partial charge on any atom is -0.406 e. The zero-order valence-electron chi connectivity index (χ0n) is 11.2. The van der Waals surface area contributed by atoms with Gasteiger partial charge in [-0.25, -0.2) is 0 Å². The first-order valence-electron chi connectivity index (χ1n) is 6.16. The summed E-state index contributed by atoms with van der Waals surface area (Å²) in [7, 11) is 1.53. The lowest BCUT2D eigenvalue weighted by molar-refractivity contribution is -0.274. The van der Waals surface area contributed by atoms with Crippen LogP contribution in [0.15, 0.2) is 24.3 Å². The van der Waals surface area contributed by atoms with E-state index in [1.165, 1.54) is 37.1 Å². The van der Waals surface area contributed by atoms with E-state index in [1.54, 1.807) is 11.0 Å². The van der Waals surface area contributed by atoms with E-state index in [1.807, 2.05) is 0 Å². The van der Waals surface area contributed by atoms with Gasteiger partial charge in [0.25, 0.3) is 0 Å². The summed E-state index contributed by atoms with van der Waals surface area (Å²) in [6, 6.07) is 5.70. The zero-order chi connectivity index (χ0) is 15.5. The Morgan fingerprint density at radius 2 is 2.19 bits per heavy atom. The van der Waals surface area contributed by atoms with Gasteiger partial charge in [0, 0.05) is 13.7 Å². The van der Waals surface area contributed by atoms with E-state index in [9.17, 15) is 18.0 Å². The average molecular weight is 321 g/mol. The smallest absolute Gasteiger partial charge is 0.406 e. The fourth-order valence-electron chi connectivity index (χ4n) is 2.03. The van der Waals surface area contributed by atoms with Crippen LogP contribution in [0.1, 0.15) is 10.9 Å². The highest BCUT2D eigenvalue weighted by Gasteiger charge is 2.34. The van der Waals surface area contributed by atoms with Gasteiger partial charge >= 0.3 is 6.36 Å². The van der Waals surface area contributed by atoms with Crippen LogP contribution in [-0.4, -0.2) is 43.2 Å². The second-order valence-electron chi connectivity index (χ2n) is 4.36. The van der Waals surface area contributed by atoms with Crippen molar-refractivity contribution in [2.24, 2.45) is 0 Å². The third-order valence-corrected chi connectivity index (χ3v) is 4.14. The number of methoxy groups -OCH3 is 1. The number of benzene rings is 1. The largest absolute Gasteiger partial charge is 0.573 e. The van der Waals surface area contributed by atoms with Crippen LogP contribution in [0.25, 0.3) is 0 Å². The number of carbonyl (C=O) groups is 1. The van der Waals surface area contributed by atoms with E-state index in [4.69, 9.17) is 4.74 Å². The summed E-state index contributed by atoms with van der Waals surface area (Å²) in [5.74, 6) is -0.0329. The molecule has 0 aromatic heterocycles. The van der Waals surface area contributed by atoms with Crippen LogP contribution in [0.5, 0.6) is 5.75 Å². The molecule has 1 amide bonds. The van der Waals surface area contributed by atoms with Crippen molar-refractivity contribution in [2.75, 3.05) is 26.0 Å². The van der Waals surface area contributed by atoms with Gasteiger partial charge in [0.2, 0.25) is 5.91 Å². The summed E-state index contributed by atoms with van der Waals surface area (Å²) < 4.78 is 45.6. The molecule has 0 spiro atoms. The summed E-state index contributed by atoms with van der Waals surface area (Å²) >= 11 is 1.37. The zero-order valence-corrected chi connectivity index (χ0v) is 12.0. The Kier molecular flexibility index (Phi) is 5.00. The highest BCUT2D eigenvalue weighted by atomic mass is 32.2. The molecule has 21 heavy (non-hydrogen) atoms. The molecule has 4 nitrogen and oxygen atoms in total. The maximum absolute atomic E-state index is 12.2. The van der Waals surface area contributed by atoms with Gasteiger partial charge in [0.15, 0.2) is 0 Å². The molecular formula is C13H14F3NO3S. The molecule has 1 aliphatic heterocycles. The number of thioether (sulfide) groups is 1. The maximum atomic E-state index is 12.2. The lowest BCUT2D eigenvalue weighted by Gasteiger charge is -2.24. The van der Waals surface area contributed by atoms with Gasteiger partial charge in [-0.2, -0.15) is 0 Å². The summed E-state index contributed by atoms with van der Waals surface area (Å²) in [4.78, 5) is 13.4. The molecule has 0 radical (unpaired) electrons. The molecule has 1 aromatic rings. The lowest BCUT2D eigenvalue weighted by Crippen LogP contribution is -2.31. The first kappa shape index (κ1) is 16.0. The van der Waals surface area contributed by atoms with Gasteiger partial charge in [-0.15, -0.1) is 24.9 Å². The van der Waals surface area contributed by atoms with Gasteiger partial charge in [-0.3, -0.25) is 4.79 Å². The fourth-order valence-corrected chi connectivity index (χ4v) is 3.24. The molecule has 1 aliphatic rings. The van der Waals surface area contributed by atoms with Crippen molar-refractivity contribution in [3.05, 3.63) is 29.8 Å². The topological polar surface area (TPSA) is 38.8 Å². The predicted octanol–water partition coefficient (Wildman–Crippen LogP) is 2.81. The first-order chi connectivity index (χ1) is 9.90. The van der Waals surface area contributed by atoms with E-state index in [0.29, 0.717) is 24.5 Å². The van der Waals surface area contributed by atoms with Crippen molar-refractivity contribution in [1.29, 1.82) is 0 Å². The minimum absolute atomic E-state index is 0.0517. The number of hydrogen-bond acceptors (Lipinski definition) is 4. The van der Waals surface area contributed by atoms with E-state index < -0.39 is 6.36 Å². The van der Waals surface area contributed by atoms with Crippen LogP contribution in [0, 0.1) is 0 Å². The van der Waals surface area contributed by atoms with Crippen LogP contribution < -0.4 is 4.74 Å². The van der Waals surface area contributed by atoms with E-state index >= 15 is 0 Å². The molecule has 1 atom stereocenters. The summed E-state index contributed by atoms with van der Waals surface area (Å²) in [6.45, 7) is 0.777. The minimum atomic E-state index is -4.73. The fraction of sp³-hybridized carbons (Fsp3) is 0.462. The Labute approximate surface area is 124 Å². The highest BCUT2D eigenvalue weighted by Crippen LogP contribution is 2.39. The van der Waals surface area contributed by atoms with Crippen molar-refractivity contribution in [1.82, 2.24) is 4.90 Å². The number of amides is 1. The quantitative estimate of drug-likeness (QED) is 0.836. The molecule has 1 heterocycles. The second kappa shape index (κ2) is 6.57. The van der Waals surface area contributed by atoms with Crippen molar-refractivity contribution < 1.29 is 27.4 Å². The SMILES string of the molecule is COCCN1C(=O)CSC1c1cccc(OC(F)(F)F)c1. The molecule has 0 N–H and O–H groups in total. The Bertz CT molecular complexity index is 510. The highest BCUT2D eigenvalue weighted by molar-refractivity contribution is 8.00. The van der Waals surface area contributed by atoms with E-state index in [2.05, 4.69) is 4.74 Å².